The van der Waals surface area contributed by atoms with Crippen LogP contribution < -0.4 is 19.5 Å². The molecule has 0 aliphatic carbocycles. The van der Waals surface area contributed by atoms with Crippen molar-refractivity contribution in [2.75, 3.05) is 25.6 Å². The monoisotopic (exact) mass is 434 g/mol. The van der Waals surface area contributed by atoms with Gasteiger partial charge in [0.15, 0.2) is 16.6 Å². The Morgan fingerprint density at radius 3 is 2.97 bits per heavy atom. The van der Waals surface area contributed by atoms with E-state index >= 15 is 0 Å². The molecular formula is C20H16ClFN2O4S. The molecule has 1 N–H and O–H groups in total. The van der Waals surface area contributed by atoms with Crippen LogP contribution in [0.3, 0.4) is 0 Å². The number of nitrogens with zero attached hydrogens (tertiary/aromatic N) is 1. The number of rotatable bonds is 5. The maximum absolute atomic E-state index is 13.6. The van der Waals surface area contributed by atoms with Gasteiger partial charge in [0.2, 0.25) is 5.91 Å². The van der Waals surface area contributed by atoms with Crippen molar-refractivity contribution in [2.24, 2.45) is 0 Å². The summed E-state index contributed by atoms with van der Waals surface area (Å²) in [6, 6.07) is 7.62. The van der Waals surface area contributed by atoms with Gasteiger partial charge < -0.3 is 19.5 Å². The van der Waals surface area contributed by atoms with E-state index in [1.54, 1.807) is 17.5 Å². The first kappa shape index (κ1) is 19.5. The lowest BCUT2D eigenvalue weighted by Crippen LogP contribution is -2.17. The summed E-state index contributed by atoms with van der Waals surface area (Å²) in [5.41, 5.74) is 1.73. The zero-order valence-electron chi connectivity index (χ0n) is 15.3. The van der Waals surface area contributed by atoms with E-state index in [1.807, 2.05) is 0 Å². The molecule has 0 saturated carbocycles. The van der Waals surface area contributed by atoms with Gasteiger partial charge in [-0.3, -0.25) is 4.79 Å². The Morgan fingerprint density at radius 1 is 1.31 bits per heavy atom. The van der Waals surface area contributed by atoms with Gasteiger partial charge >= 0.3 is 0 Å². The van der Waals surface area contributed by atoms with E-state index in [0.29, 0.717) is 57.4 Å². The predicted molar refractivity (Wildman–Crippen MR) is 109 cm³/mol. The topological polar surface area (TPSA) is 69.7 Å². The number of benzene rings is 2. The van der Waals surface area contributed by atoms with E-state index in [2.05, 4.69) is 10.3 Å². The minimum absolute atomic E-state index is 0.0918. The van der Waals surface area contributed by atoms with Crippen molar-refractivity contribution >= 4 is 34.0 Å². The molecule has 0 bridgehead atoms. The fourth-order valence-electron chi connectivity index (χ4n) is 2.95. The zero-order chi connectivity index (χ0) is 20.4. The first-order valence-corrected chi connectivity index (χ1v) is 9.96. The molecule has 2 heterocycles. The molecule has 1 amide bonds. The molecule has 4 rings (SSSR count). The summed E-state index contributed by atoms with van der Waals surface area (Å²) in [6.07, 6.45) is 0.0918. The van der Waals surface area contributed by atoms with Gasteiger partial charge in [-0.05, 0) is 35.9 Å². The van der Waals surface area contributed by atoms with Crippen molar-refractivity contribution in [3.8, 4) is 28.5 Å². The maximum atomic E-state index is 13.6. The van der Waals surface area contributed by atoms with Crippen molar-refractivity contribution in [1.82, 2.24) is 4.98 Å². The van der Waals surface area contributed by atoms with Crippen LogP contribution in [0.25, 0.3) is 11.3 Å². The van der Waals surface area contributed by atoms with Crippen LogP contribution in [0.1, 0.15) is 5.56 Å². The summed E-state index contributed by atoms with van der Waals surface area (Å²) in [6.45, 7) is 0.874. The van der Waals surface area contributed by atoms with E-state index in [9.17, 15) is 9.18 Å². The molecular weight excluding hydrogens is 419 g/mol. The third-order valence-electron chi connectivity index (χ3n) is 4.21. The molecule has 0 fully saturated rings. The Morgan fingerprint density at radius 2 is 2.14 bits per heavy atom. The molecule has 0 unspecified atom stereocenters. The second-order valence-electron chi connectivity index (χ2n) is 6.21. The summed E-state index contributed by atoms with van der Waals surface area (Å²) < 4.78 is 29.9. The number of fused-ring (bicyclic) bond motifs is 1. The second-order valence-corrected chi connectivity index (χ2v) is 7.47. The fraction of sp³-hybridized carbons (Fsp3) is 0.200. The number of hydrogen-bond donors (Lipinski definition) is 1. The standard InChI is InChI=1S/C20H16ClFN2O4S/c1-26-16-3-2-12(22)9-13(16)15-10-29-20(23-15)24-18(25)8-11-6-14(21)19-17(7-11)27-4-5-28-19/h2-3,6-7,9-10H,4-5,8H2,1H3,(H,23,24,25). The van der Waals surface area contributed by atoms with Crippen molar-refractivity contribution in [3.63, 3.8) is 0 Å². The van der Waals surface area contributed by atoms with Crippen molar-refractivity contribution in [2.45, 2.75) is 6.42 Å². The quantitative estimate of drug-likeness (QED) is 0.637. The van der Waals surface area contributed by atoms with E-state index in [4.69, 9.17) is 25.8 Å². The molecule has 9 heteroatoms. The summed E-state index contributed by atoms with van der Waals surface area (Å²) in [7, 11) is 1.50. The average molecular weight is 435 g/mol. The van der Waals surface area contributed by atoms with Gasteiger partial charge in [0.1, 0.15) is 24.8 Å². The minimum atomic E-state index is -0.394. The molecule has 2 aromatic carbocycles. The van der Waals surface area contributed by atoms with E-state index < -0.39 is 5.82 Å². The van der Waals surface area contributed by atoms with E-state index in [1.165, 1.54) is 36.6 Å². The number of methoxy groups -OCH3 is 1. The van der Waals surface area contributed by atoms with Crippen molar-refractivity contribution in [1.29, 1.82) is 0 Å². The van der Waals surface area contributed by atoms with Crippen LogP contribution in [-0.4, -0.2) is 31.2 Å². The predicted octanol–water partition coefficient (Wildman–Crippen LogP) is 4.56. The molecule has 0 atom stereocenters. The molecule has 0 radical (unpaired) electrons. The number of amides is 1. The lowest BCUT2D eigenvalue weighted by molar-refractivity contribution is -0.115. The van der Waals surface area contributed by atoms with E-state index in [-0.39, 0.29) is 12.3 Å². The molecule has 0 saturated heterocycles. The van der Waals surface area contributed by atoms with Crippen molar-refractivity contribution in [3.05, 3.63) is 52.1 Å². The second kappa shape index (κ2) is 8.26. The van der Waals surface area contributed by atoms with Crippen LogP contribution in [-0.2, 0) is 11.2 Å². The van der Waals surface area contributed by atoms with E-state index in [0.717, 1.165) is 0 Å². The molecule has 1 aliphatic heterocycles. The van der Waals surface area contributed by atoms with Gasteiger partial charge in [-0.1, -0.05) is 11.6 Å². The summed E-state index contributed by atoms with van der Waals surface area (Å²) >= 11 is 7.46. The summed E-state index contributed by atoms with van der Waals surface area (Å²) in [4.78, 5) is 16.8. The summed E-state index contributed by atoms with van der Waals surface area (Å²) in [5, 5.41) is 5.29. The van der Waals surface area contributed by atoms with Crippen LogP contribution in [0, 0.1) is 5.82 Å². The highest BCUT2D eigenvalue weighted by Gasteiger charge is 2.18. The van der Waals surface area contributed by atoms with Crippen LogP contribution >= 0.6 is 22.9 Å². The van der Waals surface area contributed by atoms with Crippen LogP contribution in [0.15, 0.2) is 35.7 Å². The molecule has 0 spiro atoms. The van der Waals surface area contributed by atoms with Gasteiger partial charge in [0, 0.05) is 10.9 Å². The molecule has 1 aromatic heterocycles. The molecule has 29 heavy (non-hydrogen) atoms. The number of anilines is 1. The number of thiazole rings is 1. The lowest BCUT2D eigenvalue weighted by Gasteiger charge is -2.20. The Bertz CT molecular complexity index is 1070. The smallest absolute Gasteiger partial charge is 0.230 e. The maximum Gasteiger partial charge on any atom is 0.230 e. The fourth-order valence-corrected chi connectivity index (χ4v) is 3.96. The Hall–Kier alpha value is -2.84. The molecule has 6 nitrogen and oxygen atoms in total. The highest BCUT2D eigenvalue weighted by Crippen LogP contribution is 2.38. The Labute approximate surface area is 175 Å². The molecule has 150 valence electrons. The zero-order valence-corrected chi connectivity index (χ0v) is 16.9. The number of hydrogen-bond acceptors (Lipinski definition) is 6. The summed E-state index contributed by atoms with van der Waals surface area (Å²) in [5.74, 6) is 0.872. The highest BCUT2D eigenvalue weighted by atomic mass is 35.5. The van der Waals surface area contributed by atoms with Gasteiger partial charge in [-0.25, -0.2) is 9.37 Å². The van der Waals surface area contributed by atoms with Gasteiger partial charge in [0.05, 0.1) is 24.2 Å². The largest absolute Gasteiger partial charge is 0.496 e. The van der Waals surface area contributed by atoms with Crippen LogP contribution in [0.5, 0.6) is 17.2 Å². The van der Waals surface area contributed by atoms with Gasteiger partial charge in [-0.2, -0.15) is 0 Å². The molecule has 1 aliphatic rings. The number of carbonyl (C=O) groups is 1. The highest BCUT2D eigenvalue weighted by molar-refractivity contribution is 7.14. The minimum Gasteiger partial charge on any atom is -0.496 e. The SMILES string of the molecule is COc1ccc(F)cc1-c1csc(NC(=O)Cc2cc(Cl)c3c(c2)OCCO3)n1. The van der Waals surface area contributed by atoms with Crippen LogP contribution in [0.4, 0.5) is 9.52 Å². The number of aromatic nitrogens is 1. The number of ether oxygens (including phenoxy) is 3. The van der Waals surface area contributed by atoms with Crippen LogP contribution in [0.2, 0.25) is 5.02 Å². The third kappa shape index (κ3) is 4.28. The lowest BCUT2D eigenvalue weighted by atomic mass is 10.1. The van der Waals surface area contributed by atoms with Gasteiger partial charge in [-0.15, -0.1) is 11.3 Å². The first-order chi connectivity index (χ1) is 14.0. The van der Waals surface area contributed by atoms with Gasteiger partial charge in [0.25, 0.3) is 0 Å². The normalized spacial score (nSPS) is 12.5. The molecule has 3 aromatic rings. The van der Waals surface area contributed by atoms with Crippen molar-refractivity contribution < 1.29 is 23.4 Å². The Kier molecular flexibility index (Phi) is 5.55. The number of halogens is 2. The third-order valence-corrected chi connectivity index (χ3v) is 5.25. The number of nitrogens with one attached hydrogen (secondary N) is 1. The first-order valence-electron chi connectivity index (χ1n) is 8.71. The average Bonchev–Trinajstić information content (AvgIpc) is 3.16. The Balaban J connectivity index is 1.48. The number of carbonyl (C=O) groups excluding carboxylic acids is 1.